The van der Waals surface area contributed by atoms with E-state index in [0.29, 0.717) is 31.6 Å². The first-order valence-corrected chi connectivity index (χ1v) is 38.2. The molecule has 6 atom stereocenters. The summed E-state index contributed by atoms with van der Waals surface area (Å²) >= 11 is 0. The van der Waals surface area contributed by atoms with Crippen LogP contribution in [-0.4, -0.2) is 96.7 Å². The highest BCUT2D eigenvalue weighted by atomic mass is 31.2. The van der Waals surface area contributed by atoms with Gasteiger partial charge in [-0.05, 0) is 49.4 Å². The van der Waals surface area contributed by atoms with Crippen LogP contribution in [0.25, 0.3) is 0 Å². The maximum atomic E-state index is 13.0. The number of phosphoric ester groups is 2. The molecule has 0 amide bonds. The van der Waals surface area contributed by atoms with Gasteiger partial charge in [0, 0.05) is 25.7 Å². The molecule has 0 saturated heterocycles. The van der Waals surface area contributed by atoms with E-state index in [0.717, 1.165) is 114 Å². The van der Waals surface area contributed by atoms with E-state index in [1.165, 1.54) is 128 Å². The number of phosphoric acid groups is 2. The topological polar surface area (TPSA) is 237 Å². The second-order valence-electron chi connectivity index (χ2n) is 26.2. The van der Waals surface area contributed by atoms with Gasteiger partial charge in [0.25, 0.3) is 0 Å². The molecule has 0 spiro atoms. The maximum absolute atomic E-state index is 13.0. The monoisotopic (exact) mass is 1280 g/mol. The Morgan fingerprint density at radius 3 is 0.816 bits per heavy atom. The van der Waals surface area contributed by atoms with Gasteiger partial charge < -0.3 is 33.8 Å². The van der Waals surface area contributed by atoms with Crippen LogP contribution in [0.4, 0.5) is 0 Å². The largest absolute Gasteiger partial charge is 0.472 e. The standard InChI is InChI=1S/C68H132O17P2/c1-9-61(8)47-39-31-22-17-19-25-35-43-51-68(73)84-63(54-78-65(70)48-40-32-23-15-13-11-10-12-14-20-28-36-44-58(2)3)56-82-86(74,75)80-52-62(69)53-81-87(76,77)83-57-64(55-79-66(71)49-41-33-27-26-30-38-46-60(6)7)85-67(72)50-42-34-24-18-16-21-29-37-45-59(4)5/h58-64,69H,9-57H2,1-8H3,(H,74,75)(H,76,77)/t61?,62-,63-,64-/m1/s1. The Morgan fingerprint density at radius 1 is 0.322 bits per heavy atom. The molecular formula is C68H132O17P2. The van der Waals surface area contributed by atoms with Gasteiger partial charge in [0.15, 0.2) is 12.2 Å². The average molecular weight is 1280 g/mol. The van der Waals surface area contributed by atoms with Crippen molar-refractivity contribution in [1.29, 1.82) is 0 Å². The number of unbranched alkanes of at least 4 members (excludes halogenated alkanes) is 30. The molecule has 0 aromatic rings. The van der Waals surface area contributed by atoms with Gasteiger partial charge in [-0.25, -0.2) is 9.13 Å². The molecule has 516 valence electrons. The lowest BCUT2D eigenvalue weighted by Crippen LogP contribution is -2.30. The minimum Gasteiger partial charge on any atom is -0.462 e. The first-order valence-electron chi connectivity index (χ1n) is 35.2. The van der Waals surface area contributed by atoms with Crippen molar-refractivity contribution in [1.82, 2.24) is 0 Å². The van der Waals surface area contributed by atoms with Gasteiger partial charge in [-0.2, -0.15) is 0 Å². The van der Waals surface area contributed by atoms with Crippen LogP contribution in [0.3, 0.4) is 0 Å². The molecule has 0 saturated carbocycles. The molecule has 0 aliphatic rings. The summed E-state index contributed by atoms with van der Waals surface area (Å²) in [7, 11) is -9.90. The van der Waals surface area contributed by atoms with Gasteiger partial charge >= 0.3 is 39.5 Å². The Hall–Kier alpha value is -1.94. The van der Waals surface area contributed by atoms with Gasteiger partial charge in [0.05, 0.1) is 26.4 Å². The summed E-state index contributed by atoms with van der Waals surface area (Å²) in [6.45, 7) is 14.0. The van der Waals surface area contributed by atoms with Crippen molar-refractivity contribution in [3.05, 3.63) is 0 Å². The molecular weight excluding hydrogens is 1150 g/mol. The predicted octanol–water partition coefficient (Wildman–Crippen LogP) is 18.9. The zero-order chi connectivity index (χ0) is 64.7. The van der Waals surface area contributed by atoms with Crippen LogP contribution in [-0.2, 0) is 65.4 Å². The maximum Gasteiger partial charge on any atom is 0.472 e. The Morgan fingerprint density at radius 2 is 0.552 bits per heavy atom. The lowest BCUT2D eigenvalue weighted by Gasteiger charge is -2.21. The molecule has 0 rings (SSSR count). The summed E-state index contributed by atoms with van der Waals surface area (Å²) in [5.74, 6) is 0.813. The number of rotatable bonds is 65. The van der Waals surface area contributed by atoms with Crippen LogP contribution < -0.4 is 0 Å². The third kappa shape index (κ3) is 61.3. The molecule has 0 aliphatic carbocycles. The van der Waals surface area contributed by atoms with Crippen molar-refractivity contribution < 1.29 is 80.2 Å². The molecule has 0 bridgehead atoms. The molecule has 0 aromatic heterocycles. The van der Waals surface area contributed by atoms with Gasteiger partial charge in [0.2, 0.25) is 0 Å². The van der Waals surface area contributed by atoms with E-state index < -0.39 is 97.5 Å². The third-order valence-electron chi connectivity index (χ3n) is 15.9. The number of carbonyl (C=O) groups excluding carboxylic acids is 4. The quantitative estimate of drug-likeness (QED) is 0.0222. The first-order chi connectivity index (χ1) is 41.6. The van der Waals surface area contributed by atoms with E-state index in [4.69, 9.17) is 37.0 Å². The number of hydrogen-bond acceptors (Lipinski definition) is 15. The Labute approximate surface area is 530 Å². The Bertz CT molecular complexity index is 1730. The van der Waals surface area contributed by atoms with Crippen molar-refractivity contribution >= 4 is 39.5 Å². The third-order valence-corrected chi connectivity index (χ3v) is 17.8. The van der Waals surface area contributed by atoms with Crippen molar-refractivity contribution in [2.75, 3.05) is 39.6 Å². The molecule has 3 unspecified atom stereocenters. The van der Waals surface area contributed by atoms with E-state index in [1.54, 1.807) is 0 Å². The smallest absolute Gasteiger partial charge is 0.462 e. The number of esters is 4. The minimum atomic E-state index is -4.95. The number of carbonyl (C=O) groups is 4. The fourth-order valence-electron chi connectivity index (χ4n) is 10.1. The van der Waals surface area contributed by atoms with Crippen LogP contribution >= 0.6 is 15.6 Å². The fourth-order valence-corrected chi connectivity index (χ4v) is 11.7. The zero-order valence-corrected chi connectivity index (χ0v) is 58.4. The minimum absolute atomic E-state index is 0.103. The predicted molar refractivity (Wildman–Crippen MR) is 349 cm³/mol. The number of ether oxygens (including phenoxy) is 4. The molecule has 0 aromatic carbocycles. The van der Waals surface area contributed by atoms with Gasteiger partial charge in [-0.1, -0.05) is 280 Å². The van der Waals surface area contributed by atoms with Gasteiger partial charge in [-0.3, -0.25) is 37.3 Å². The van der Waals surface area contributed by atoms with Crippen LogP contribution in [0.1, 0.15) is 331 Å². The molecule has 0 aliphatic heterocycles. The summed E-state index contributed by atoms with van der Waals surface area (Å²) in [5, 5.41) is 10.6. The normalized spacial score (nSPS) is 14.6. The summed E-state index contributed by atoms with van der Waals surface area (Å²) in [5.41, 5.74) is 0. The highest BCUT2D eigenvalue weighted by molar-refractivity contribution is 7.47. The second-order valence-corrected chi connectivity index (χ2v) is 29.1. The van der Waals surface area contributed by atoms with E-state index in [-0.39, 0.29) is 25.7 Å². The Balaban J connectivity index is 5.24. The van der Waals surface area contributed by atoms with Crippen molar-refractivity contribution in [3.8, 4) is 0 Å². The van der Waals surface area contributed by atoms with Crippen LogP contribution in [0.5, 0.6) is 0 Å². The van der Waals surface area contributed by atoms with E-state index in [2.05, 4.69) is 55.4 Å². The van der Waals surface area contributed by atoms with E-state index in [1.807, 2.05) is 0 Å². The first kappa shape index (κ1) is 85.1. The van der Waals surface area contributed by atoms with Crippen molar-refractivity contribution in [3.63, 3.8) is 0 Å². The average Bonchev–Trinajstić information content (AvgIpc) is 3.68. The lowest BCUT2D eigenvalue weighted by atomic mass is 9.99. The van der Waals surface area contributed by atoms with Crippen LogP contribution in [0.15, 0.2) is 0 Å². The summed E-state index contributed by atoms with van der Waals surface area (Å²) in [6, 6.07) is 0. The van der Waals surface area contributed by atoms with E-state index in [9.17, 15) is 43.2 Å². The molecule has 3 N–H and O–H groups in total. The zero-order valence-electron chi connectivity index (χ0n) is 56.6. The summed E-state index contributed by atoms with van der Waals surface area (Å²) < 4.78 is 68.2. The number of hydrogen-bond donors (Lipinski definition) is 3. The van der Waals surface area contributed by atoms with Crippen LogP contribution in [0.2, 0.25) is 0 Å². The van der Waals surface area contributed by atoms with Gasteiger partial charge in [0.1, 0.15) is 19.3 Å². The molecule has 19 heteroatoms. The summed E-state index contributed by atoms with van der Waals surface area (Å²) in [6.07, 6.45) is 39.1. The van der Waals surface area contributed by atoms with Crippen molar-refractivity contribution in [2.45, 2.75) is 350 Å². The SMILES string of the molecule is CCC(C)CCCCCCCCCCC(=O)O[C@H](COC(=O)CCCCCCCCCCCCCCC(C)C)COP(=O)(O)OC[C@@H](O)COP(=O)(O)OC[C@@H](COC(=O)CCCCCCCCC(C)C)OC(=O)CCCCCCCCCCC(C)C. The molecule has 17 nitrogen and oxygen atoms in total. The lowest BCUT2D eigenvalue weighted by molar-refractivity contribution is -0.161. The second kappa shape index (κ2) is 57.9. The van der Waals surface area contributed by atoms with Crippen molar-refractivity contribution in [2.24, 2.45) is 23.7 Å². The Kier molecular flexibility index (Phi) is 56.6. The van der Waals surface area contributed by atoms with Gasteiger partial charge in [-0.15, -0.1) is 0 Å². The molecule has 0 radical (unpaired) electrons. The fraction of sp³-hybridized carbons (Fsp3) is 0.941. The molecule has 87 heavy (non-hydrogen) atoms. The molecule has 0 fully saturated rings. The number of aliphatic hydroxyl groups is 1. The molecule has 0 heterocycles. The number of aliphatic hydroxyl groups excluding tert-OH is 1. The van der Waals surface area contributed by atoms with Crippen LogP contribution in [0, 0.1) is 23.7 Å². The summed E-state index contributed by atoms with van der Waals surface area (Å²) in [4.78, 5) is 72.4. The highest BCUT2D eigenvalue weighted by Crippen LogP contribution is 2.45. The highest BCUT2D eigenvalue weighted by Gasteiger charge is 2.30. The van der Waals surface area contributed by atoms with E-state index >= 15 is 0 Å².